The predicted molar refractivity (Wildman–Crippen MR) is 78.2 cm³/mol. The molecule has 0 unspecified atom stereocenters. The van der Waals surface area contributed by atoms with E-state index in [4.69, 9.17) is 5.73 Å². The van der Waals surface area contributed by atoms with Crippen molar-refractivity contribution in [3.8, 4) is 0 Å². The summed E-state index contributed by atoms with van der Waals surface area (Å²) in [5.41, 5.74) is 7.53. The van der Waals surface area contributed by atoms with E-state index in [1.807, 2.05) is 13.0 Å². The minimum atomic E-state index is -0.335. The summed E-state index contributed by atoms with van der Waals surface area (Å²) in [5.74, 6) is -0.653. The molecule has 2 N–H and O–H groups in total. The third-order valence-corrected chi connectivity index (χ3v) is 3.19. The van der Waals surface area contributed by atoms with Crippen LogP contribution in [-0.2, 0) is 6.42 Å². The van der Waals surface area contributed by atoms with Crippen LogP contribution in [0.3, 0.4) is 0 Å². The zero-order valence-corrected chi connectivity index (χ0v) is 11.4. The van der Waals surface area contributed by atoms with Gasteiger partial charge in [0.2, 0.25) is 0 Å². The molecule has 4 heteroatoms. The maximum Gasteiger partial charge on any atom is 0.147 e. The van der Waals surface area contributed by atoms with E-state index < -0.39 is 0 Å². The lowest BCUT2D eigenvalue weighted by Gasteiger charge is -2.26. The second kappa shape index (κ2) is 6.48. The Morgan fingerprint density at radius 2 is 1.85 bits per heavy atom. The van der Waals surface area contributed by atoms with Crippen LogP contribution in [0.15, 0.2) is 42.5 Å². The molecular weight excluding hydrogens is 258 g/mol. The standard InChI is InChI=1S/C16H18F2N2/c1-2-20(14-7-4-6-13(17)11-14)16-12(9-10-19)5-3-8-15(16)18/h3-8,11H,2,9-10,19H2,1H3. The van der Waals surface area contributed by atoms with Crippen LogP contribution in [0.2, 0.25) is 0 Å². The maximum atomic E-state index is 14.2. The summed E-state index contributed by atoms with van der Waals surface area (Å²) in [4.78, 5) is 1.77. The molecule has 0 amide bonds. The summed E-state index contributed by atoms with van der Waals surface area (Å²) >= 11 is 0. The summed E-state index contributed by atoms with van der Waals surface area (Å²) in [6.07, 6.45) is 0.582. The van der Waals surface area contributed by atoms with Crippen molar-refractivity contribution in [1.29, 1.82) is 0 Å². The van der Waals surface area contributed by atoms with Gasteiger partial charge in [-0.2, -0.15) is 0 Å². The van der Waals surface area contributed by atoms with Crippen LogP contribution >= 0.6 is 0 Å². The number of benzene rings is 2. The molecule has 2 aromatic carbocycles. The van der Waals surface area contributed by atoms with Crippen molar-refractivity contribution in [2.45, 2.75) is 13.3 Å². The van der Waals surface area contributed by atoms with Gasteiger partial charge in [0, 0.05) is 12.2 Å². The highest BCUT2D eigenvalue weighted by Crippen LogP contribution is 2.31. The fourth-order valence-corrected chi connectivity index (χ4v) is 2.33. The Morgan fingerprint density at radius 1 is 1.10 bits per heavy atom. The highest BCUT2D eigenvalue weighted by Gasteiger charge is 2.16. The van der Waals surface area contributed by atoms with Crippen molar-refractivity contribution in [3.63, 3.8) is 0 Å². The van der Waals surface area contributed by atoms with E-state index in [0.717, 1.165) is 5.56 Å². The number of hydrogen-bond donors (Lipinski definition) is 1. The van der Waals surface area contributed by atoms with Crippen molar-refractivity contribution in [1.82, 2.24) is 0 Å². The molecule has 2 rings (SSSR count). The van der Waals surface area contributed by atoms with Crippen LogP contribution in [0.25, 0.3) is 0 Å². The fraction of sp³-hybridized carbons (Fsp3) is 0.250. The van der Waals surface area contributed by atoms with Gasteiger partial charge in [0.25, 0.3) is 0 Å². The second-order valence-corrected chi connectivity index (χ2v) is 4.51. The molecule has 0 saturated carbocycles. The van der Waals surface area contributed by atoms with Crippen molar-refractivity contribution >= 4 is 11.4 Å². The van der Waals surface area contributed by atoms with Crippen LogP contribution < -0.4 is 10.6 Å². The fourth-order valence-electron chi connectivity index (χ4n) is 2.33. The molecule has 2 aromatic rings. The normalized spacial score (nSPS) is 10.6. The van der Waals surface area contributed by atoms with Gasteiger partial charge in [-0.15, -0.1) is 0 Å². The van der Waals surface area contributed by atoms with Crippen LogP contribution in [0.4, 0.5) is 20.2 Å². The van der Waals surface area contributed by atoms with E-state index in [0.29, 0.717) is 30.9 Å². The molecule has 0 spiro atoms. The highest BCUT2D eigenvalue weighted by molar-refractivity contribution is 5.67. The van der Waals surface area contributed by atoms with E-state index in [1.54, 1.807) is 23.1 Å². The highest BCUT2D eigenvalue weighted by atomic mass is 19.1. The molecule has 0 bridgehead atoms. The topological polar surface area (TPSA) is 29.3 Å². The van der Waals surface area contributed by atoms with E-state index >= 15 is 0 Å². The molecule has 0 aliphatic heterocycles. The zero-order chi connectivity index (χ0) is 14.5. The van der Waals surface area contributed by atoms with Crippen molar-refractivity contribution in [3.05, 3.63) is 59.7 Å². The largest absolute Gasteiger partial charge is 0.339 e. The maximum absolute atomic E-state index is 14.2. The molecule has 2 nitrogen and oxygen atoms in total. The SMILES string of the molecule is CCN(c1cccc(F)c1)c1c(F)cccc1CCN. The molecule has 0 atom stereocenters. The lowest BCUT2D eigenvalue weighted by Crippen LogP contribution is -2.20. The number of hydrogen-bond acceptors (Lipinski definition) is 2. The number of nitrogens with two attached hydrogens (primary N) is 1. The summed E-state index contributed by atoms with van der Waals surface area (Å²) in [5, 5.41) is 0. The molecule has 20 heavy (non-hydrogen) atoms. The summed E-state index contributed by atoms with van der Waals surface area (Å²) < 4.78 is 27.6. The first-order valence-corrected chi connectivity index (χ1v) is 6.68. The average Bonchev–Trinajstić information content (AvgIpc) is 2.43. The first-order chi connectivity index (χ1) is 9.67. The van der Waals surface area contributed by atoms with E-state index in [1.165, 1.54) is 18.2 Å². The Kier molecular flexibility index (Phi) is 4.69. The minimum absolute atomic E-state index is 0.318. The minimum Gasteiger partial charge on any atom is -0.339 e. The second-order valence-electron chi connectivity index (χ2n) is 4.51. The lowest BCUT2D eigenvalue weighted by atomic mass is 10.1. The summed E-state index contributed by atoms with van der Waals surface area (Å²) in [7, 11) is 0. The number of para-hydroxylation sites is 1. The zero-order valence-electron chi connectivity index (χ0n) is 11.4. The molecular formula is C16H18F2N2. The third kappa shape index (κ3) is 2.96. The number of rotatable bonds is 5. The lowest BCUT2D eigenvalue weighted by molar-refractivity contribution is 0.619. The van der Waals surface area contributed by atoms with E-state index in [9.17, 15) is 8.78 Å². The molecule has 0 aliphatic carbocycles. The Hall–Kier alpha value is -1.94. The van der Waals surface area contributed by atoms with Gasteiger partial charge in [-0.05, 0) is 49.7 Å². The smallest absolute Gasteiger partial charge is 0.147 e. The van der Waals surface area contributed by atoms with Gasteiger partial charge in [0.1, 0.15) is 11.6 Å². The molecule has 0 aromatic heterocycles. The first-order valence-electron chi connectivity index (χ1n) is 6.68. The first kappa shape index (κ1) is 14.5. The van der Waals surface area contributed by atoms with Gasteiger partial charge in [-0.25, -0.2) is 8.78 Å². The van der Waals surface area contributed by atoms with Crippen molar-refractivity contribution in [2.75, 3.05) is 18.0 Å². The molecule has 106 valence electrons. The third-order valence-electron chi connectivity index (χ3n) is 3.19. The van der Waals surface area contributed by atoms with Crippen LogP contribution in [0.5, 0.6) is 0 Å². The monoisotopic (exact) mass is 276 g/mol. The number of halogens is 2. The summed E-state index contributed by atoms with van der Waals surface area (Å²) in [6.45, 7) is 2.89. The van der Waals surface area contributed by atoms with Gasteiger partial charge >= 0.3 is 0 Å². The van der Waals surface area contributed by atoms with Crippen LogP contribution in [-0.4, -0.2) is 13.1 Å². The van der Waals surface area contributed by atoms with Crippen molar-refractivity contribution in [2.24, 2.45) is 5.73 Å². The van der Waals surface area contributed by atoms with Gasteiger partial charge in [0.05, 0.1) is 5.69 Å². The Bertz CT molecular complexity index is 584. The molecule has 0 aliphatic rings. The molecule has 0 heterocycles. The Labute approximate surface area is 117 Å². The average molecular weight is 276 g/mol. The van der Waals surface area contributed by atoms with E-state index in [-0.39, 0.29) is 11.6 Å². The van der Waals surface area contributed by atoms with E-state index in [2.05, 4.69) is 0 Å². The number of nitrogens with zero attached hydrogens (tertiary/aromatic N) is 1. The Balaban J connectivity index is 2.51. The summed E-state index contributed by atoms with van der Waals surface area (Å²) in [6, 6.07) is 11.1. The molecule has 0 saturated heterocycles. The molecule has 0 fully saturated rings. The van der Waals surface area contributed by atoms with Gasteiger partial charge in [0.15, 0.2) is 0 Å². The van der Waals surface area contributed by atoms with Crippen LogP contribution in [0, 0.1) is 11.6 Å². The van der Waals surface area contributed by atoms with Gasteiger partial charge in [-0.3, -0.25) is 0 Å². The van der Waals surface area contributed by atoms with Gasteiger partial charge < -0.3 is 10.6 Å². The van der Waals surface area contributed by atoms with Gasteiger partial charge in [-0.1, -0.05) is 18.2 Å². The quantitative estimate of drug-likeness (QED) is 0.903. The van der Waals surface area contributed by atoms with Crippen LogP contribution in [0.1, 0.15) is 12.5 Å². The van der Waals surface area contributed by atoms with Crippen molar-refractivity contribution < 1.29 is 8.78 Å². The molecule has 0 radical (unpaired) electrons. The predicted octanol–water partition coefficient (Wildman–Crippen LogP) is 3.62. The Morgan fingerprint density at radius 3 is 2.50 bits per heavy atom. The number of anilines is 2.